The molecule has 1 N–H and O–H groups in total. The lowest BCUT2D eigenvalue weighted by Gasteiger charge is -2.21. The van der Waals surface area contributed by atoms with Gasteiger partial charge in [0.05, 0.1) is 5.52 Å². The van der Waals surface area contributed by atoms with Gasteiger partial charge in [0, 0.05) is 46.7 Å². The number of carboxylic acid groups (broad SMARTS) is 1. The third-order valence-corrected chi connectivity index (χ3v) is 8.18. The van der Waals surface area contributed by atoms with Crippen LogP contribution >= 0.6 is 27.7 Å². The average Bonchev–Trinajstić information content (AvgIpc) is 3.17. The molecule has 33 heavy (non-hydrogen) atoms. The molecular formula is C26H29BrN2O3S. The number of rotatable bonds is 7. The molecule has 0 unspecified atom stereocenters. The number of hydrogen-bond donors (Lipinski definition) is 1. The Hall–Kier alpha value is -2.25. The van der Waals surface area contributed by atoms with E-state index in [0.717, 1.165) is 37.5 Å². The Morgan fingerprint density at radius 1 is 1.09 bits per heavy atom. The summed E-state index contributed by atoms with van der Waals surface area (Å²) in [6.07, 6.45) is 6.63. The highest BCUT2D eigenvalue weighted by atomic mass is 79.9. The molecule has 0 atom stereocenters. The Morgan fingerprint density at radius 3 is 2.42 bits per heavy atom. The van der Waals surface area contributed by atoms with Crippen molar-refractivity contribution >= 4 is 50.5 Å². The Balaban J connectivity index is 1.64. The number of nitrogens with zero attached hydrogens (tertiary/aromatic N) is 2. The van der Waals surface area contributed by atoms with Gasteiger partial charge in [-0.3, -0.25) is 4.79 Å². The van der Waals surface area contributed by atoms with Gasteiger partial charge in [-0.2, -0.15) is 0 Å². The van der Waals surface area contributed by atoms with Crippen LogP contribution in [0.4, 0.5) is 0 Å². The standard InChI is InChI=1S/C26H29BrN2O3S/c1-28(2)25(30)19-10-8-17(9-11-19)15-29-23-13-20(33-16-18-6-4-3-5-7-18)12-22(27)21(23)14-24(29)26(31)32/h8-14,18H,3-7,15-16H2,1-2H3,(H,31,32). The van der Waals surface area contributed by atoms with E-state index in [0.29, 0.717) is 12.1 Å². The van der Waals surface area contributed by atoms with Crippen molar-refractivity contribution in [3.8, 4) is 0 Å². The highest BCUT2D eigenvalue weighted by Gasteiger charge is 2.19. The van der Waals surface area contributed by atoms with Gasteiger partial charge in [-0.15, -0.1) is 11.8 Å². The maximum Gasteiger partial charge on any atom is 0.352 e. The van der Waals surface area contributed by atoms with Crippen molar-refractivity contribution in [1.82, 2.24) is 9.47 Å². The van der Waals surface area contributed by atoms with Crippen LogP contribution in [0.5, 0.6) is 0 Å². The number of fused-ring (bicyclic) bond motifs is 1. The molecule has 3 aromatic rings. The predicted molar refractivity (Wildman–Crippen MR) is 137 cm³/mol. The topological polar surface area (TPSA) is 62.5 Å². The first-order valence-corrected chi connectivity index (χ1v) is 13.1. The predicted octanol–water partition coefficient (Wildman–Crippen LogP) is 6.52. The molecule has 1 saturated carbocycles. The monoisotopic (exact) mass is 528 g/mol. The molecule has 0 bridgehead atoms. The maximum absolute atomic E-state index is 12.2. The molecule has 7 heteroatoms. The van der Waals surface area contributed by atoms with Crippen LogP contribution in [0.15, 0.2) is 51.8 Å². The van der Waals surface area contributed by atoms with Gasteiger partial charge in [0.15, 0.2) is 0 Å². The molecule has 0 aliphatic heterocycles. The molecule has 0 saturated heterocycles. The van der Waals surface area contributed by atoms with Crippen molar-refractivity contribution in [1.29, 1.82) is 0 Å². The van der Waals surface area contributed by atoms with Gasteiger partial charge in [-0.05, 0) is 54.7 Å². The first kappa shape index (κ1) is 23.9. The summed E-state index contributed by atoms with van der Waals surface area (Å²) in [5.74, 6) is 0.867. The molecule has 174 valence electrons. The van der Waals surface area contributed by atoms with Crippen molar-refractivity contribution < 1.29 is 14.7 Å². The molecule has 1 aromatic heterocycles. The Morgan fingerprint density at radius 2 is 1.79 bits per heavy atom. The van der Waals surface area contributed by atoms with Crippen LogP contribution in [0.3, 0.4) is 0 Å². The number of amides is 1. The number of thioether (sulfide) groups is 1. The average molecular weight is 530 g/mol. The van der Waals surface area contributed by atoms with Crippen molar-refractivity contribution in [3.05, 3.63) is 63.8 Å². The van der Waals surface area contributed by atoms with Gasteiger partial charge in [0.2, 0.25) is 0 Å². The molecule has 0 spiro atoms. The van der Waals surface area contributed by atoms with Gasteiger partial charge in [0.25, 0.3) is 5.91 Å². The summed E-state index contributed by atoms with van der Waals surface area (Å²) in [5, 5.41) is 10.8. The van der Waals surface area contributed by atoms with Crippen LogP contribution < -0.4 is 0 Å². The van der Waals surface area contributed by atoms with E-state index in [9.17, 15) is 14.7 Å². The minimum absolute atomic E-state index is 0.0530. The molecule has 4 rings (SSSR count). The Bertz CT molecular complexity index is 1160. The fourth-order valence-corrected chi connectivity index (χ4v) is 6.36. The normalized spacial score (nSPS) is 14.5. The van der Waals surface area contributed by atoms with E-state index in [1.165, 1.54) is 32.1 Å². The van der Waals surface area contributed by atoms with Crippen LogP contribution in [-0.4, -0.2) is 46.3 Å². The van der Waals surface area contributed by atoms with E-state index >= 15 is 0 Å². The zero-order valence-corrected chi connectivity index (χ0v) is 21.4. The summed E-state index contributed by atoms with van der Waals surface area (Å²) in [5.41, 5.74) is 2.72. The molecule has 5 nitrogen and oxygen atoms in total. The summed E-state index contributed by atoms with van der Waals surface area (Å²) < 4.78 is 2.77. The van der Waals surface area contributed by atoms with E-state index in [1.807, 2.05) is 28.5 Å². The fraction of sp³-hybridized carbons (Fsp3) is 0.385. The molecular weight excluding hydrogens is 500 g/mol. The van der Waals surface area contributed by atoms with Crippen molar-refractivity contribution in [2.75, 3.05) is 19.8 Å². The van der Waals surface area contributed by atoms with Gasteiger partial charge in [0.1, 0.15) is 5.69 Å². The number of carbonyl (C=O) groups is 2. The molecule has 1 heterocycles. The summed E-state index contributed by atoms with van der Waals surface area (Å²) in [6, 6.07) is 13.3. The first-order chi connectivity index (χ1) is 15.8. The van der Waals surface area contributed by atoms with Gasteiger partial charge >= 0.3 is 5.97 Å². The highest BCUT2D eigenvalue weighted by molar-refractivity contribution is 9.10. The first-order valence-electron chi connectivity index (χ1n) is 11.3. The van der Waals surface area contributed by atoms with Crippen molar-refractivity contribution in [2.24, 2.45) is 5.92 Å². The number of carbonyl (C=O) groups excluding carboxylic acids is 1. The lowest BCUT2D eigenvalue weighted by Crippen LogP contribution is -2.21. The number of aromatic nitrogens is 1. The third kappa shape index (κ3) is 5.46. The van der Waals surface area contributed by atoms with Crippen LogP contribution in [0.2, 0.25) is 0 Å². The number of hydrogen-bond acceptors (Lipinski definition) is 3. The minimum Gasteiger partial charge on any atom is -0.477 e. The second kappa shape index (κ2) is 10.3. The number of aromatic carboxylic acids is 1. The van der Waals surface area contributed by atoms with Gasteiger partial charge in [-0.1, -0.05) is 47.3 Å². The van der Waals surface area contributed by atoms with Crippen LogP contribution in [-0.2, 0) is 6.54 Å². The summed E-state index contributed by atoms with van der Waals surface area (Å²) >= 11 is 5.54. The largest absolute Gasteiger partial charge is 0.477 e. The Kier molecular flexibility index (Phi) is 7.49. The van der Waals surface area contributed by atoms with E-state index in [-0.39, 0.29) is 11.6 Å². The fourth-order valence-electron chi connectivity index (χ4n) is 4.48. The lowest BCUT2D eigenvalue weighted by atomic mass is 9.91. The number of carboxylic acids is 1. The molecule has 0 radical (unpaired) electrons. The summed E-state index contributed by atoms with van der Waals surface area (Å²) in [7, 11) is 3.45. The van der Waals surface area contributed by atoms with E-state index in [4.69, 9.17) is 0 Å². The third-order valence-electron chi connectivity index (χ3n) is 6.32. The lowest BCUT2D eigenvalue weighted by molar-refractivity contribution is 0.0685. The molecule has 1 amide bonds. The maximum atomic E-state index is 12.2. The van der Waals surface area contributed by atoms with Crippen molar-refractivity contribution in [2.45, 2.75) is 43.5 Å². The Labute approximate surface area is 207 Å². The number of benzene rings is 2. The van der Waals surface area contributed by atoms with E-state index < -0.39 is 5.97 Å². The van der Waals surface area contributed by atoms with Crippen LogP contribution in [0.25, 0.3) is 10.9 Å². The summed E-state index contributed by atoms with van der Waals surface area (Å²) in [6.45, 7) is 0.421. The van der Waals surface area contributed by atoms with E-state index in [2.05, 4.69) is 28.1 Å². The van der Waals surface area contributed by atoms with Gasteiger partial charge in [-0.25, -0.2) is 4.79 Å². The zero-order valence-electron chi connectivity index (χ0n) is 19.0. The SMILES string of the molecule is CN(C)C(=O)c1ccc(Cn2c(C(=O)O)cc3c(Br)cc(SCC4CCCCC4)cc32)cc1. The summed E-state index contributed by atoms with van der Waals surface area (Å²) in [4.78, 5) is 26.9. The van der Waals surface area contributed by atoms with Crippen LogP contribution in [0.1, 0.15) is 58.5 Å². The smallest absolute Gasteiger partial charge is 0.352 e. The van der Waals surface area contributed by atoms with Gasteiger partial charge < -0.3 is 14.6 Å². The van der Waals surface area contributed by atoms with Crippen molar-refractivity contribution in [3.63, 3.8) is 0 Å². The quantitative estimate of drug-likeness (QED) is 0.354. The second-order valence-electron chi connectivity index (χ2n) is 8.97. The zero-order chi connectivity index (χ0) is 23.5. The molecule has 1 aliphatic rings. The molecule has 2 aromatic carbocycles. The number of halogens is 1. The minimum atomic E-state index is -0.950. The highest BCUT2D eigenvalue weighted by Crippen LogP contribution is 2.36. The second-order valence-corrected chi connectivity index (χ2v) is 10.9. The van der Waals surface area contributed by atoms with Crippen LogP contribution in [0, 0.1) is 5.92 Å². The molecule has 1 fully saturated rings. The van der Waals surface area contributed by atoms with E-state index in [1.54, 1.807) is 37.2 Å². The molecule has 1 aliphatic carbocycles.